The van der Waals surface area contributed by atoms with E-state index in [0.29, 0.717) is 25.7 Å². The molecule has 1 aliphatic rings. The molecule has 1 aromatic heterocycles. The average Bonchev–Trinajstić information content (AvgIpc) is 2.94. The molecular weight excluding hydrogens is 266 g/mol. The van der Waals surface area contributed by atoms with Crippen molar-refractivity contribution in [1.29, 1.82) is 0 Å². The second-order valence-electron chi connectivity index (χ2n) is 4.62. The van der Waals surface area contributed by atoms with E-state index in [9.17, 15) is 8.42 Å². The van der Waals surface area contributed by atoms with Crippen molar-refractivity contribution in [2.75, 3.05) is 26.2 Å². The maximum atomic E-state index is 11.8. The number of aromatic nitrogens is 1. The minimum absolute atomic E-state index is 0.270. The molecule has 1 aliphatic heterocycles. The number of piperidine rings is 1. The zero-order valence-corrected chi connectivity index (χ0v) is 11.7. The Labute approximate surface area is 114 Å². The molecule has 0 amide bonds. The summed E-state index contributed by atoms with van der Waals surface area (Å²) >= 11 is 0. The number of nitrogens with one attached hydrogen (secondary N) is 3. The Balaban J connectivity index is 1.61. The molecular formula is C12H21N3O3S. The van der Waals surface area contributed by atoms with Gasteiger partial charge in [0.05, 0.1) is 11.0 Å². The molecule has 7 heteroatoms. The summed E-state index contributed by atoms with van der Waals surface area (Å²) in [7, 11) is -3.37. The van der Waals surface area contributed by atoms with Crippen LogP contribution in [0.25, 0.3) is 0 Å². The molecule has 2 heterocycles. The first kappa shape index (κ1) is 14.5. The zero-order valence-electron chi connectivity index (χ0n) is 10.9. The largest absolute Gasteiger partial charge is 0.378 e. The van der Waals surface area contributed by atoms with Crippen LogP contribution in [0.3, 0.4) is 0 Å². The van der Waals surface area contributed by atoms with Crippen LogP contribution in [0.2, 0.25) is 0 Å². The number of aromatic amines is 1. The SMILES string of the molecule is O=S(=O)(NCCCOC1CCNCC1)c1cc[nH]c1. The van der Waals surface area contributed by atoms with E-state index in [1.165, 1.54) is 12.3 Å². The maximum Gasteiger partial charge on any atom is 0.242 e. The molecule has 0 atom stereocenters. The van der Waals surface area contributed by atoms with Gasteiger partial charge in [-0.25, -0.2) is 13.1 Å². The van der Waals surface area contributed by atoms with E-state index in [1.807, 2.05) is 0 Å². The van der Waals surface area contributed by atoms with E-state index in [-0.39, 0.29) is 4.90 Å². The monoisotopic (exact) mass is 287 g/mol. The van der Waals surface area contributed by atoms with Crippen molar-refractivity contribution < 1.29 is 13.2 Å². The van der Waals surface area contributed by atoms with Crippen molar-refractivity contribution >= 4 is 10.0 Å². The van der Waals surface area contributed by atoms with Crippen LogP contribution in [-0.4, -0.2) is 45.7 Å². The molecule has 0 radical (unpaired) electrons. The summed E-state index contributed by atoms with van der Waals surface area (Å²) in [6.45, 7) is 3.01. The molecule has 6 nitrogen and oxygen atoms in total. The minimum Gasteiger partial charge on any atom is -0.378 e. The highest BCUT2D eigenvalue weighted by Gasteiger charge is 2.14. The summed E-state index contributed by atoms with van der Waals surface area (Å²) in [6, 6.07) is 1.54. The smallest absolute Gasteiger partial charge is 0.242 e. The summed E-state index contributed by atoms with van der Waals surface area (Å²) in [5.41, 5.74) is 0. The van der Waals surface area contributed by atoms with E-state index < -0.39 is 10.0 Å². The van der Waals surface area contributed by atoms with Gasteiger partial charge in [0.25, 0.3) is 0 Å². The molecule has 0 unspecified atom stereocenters. The van der Waals surface area contributed by atoms with Gasteiger partial charge in [-0.15, -0.1) is 0 Å². The summed E-state index contributed by atoms with van der Waals surface area (Å²) in [5, 5.41) is 3.28. The van der Waals surface area contributed by atoms with Gasteiger partial charge in [0, 0.05) is 25.5 Å². The maximum absolute atomic E-state index is 11.8. The Morgan fingerprint density at radius 3 is 2.84 bits per heavy atom. The van der Waals surface area contributed by atoms with Gasteiger partial charge in [-0.1, -0.05) is 0 Å². The second kappa shape index (κ2) is 7.04. The number of rotatable bonds is 7. The highest BCUT2D eigenvalue weighted by atomic mass is 32.2. The predicted octanol–water partition coefficient (Wildman–Crippen LogP) is 0.452. The summed E-state index contributed by atoms with van der Waals surface area (Å²) in [6.07, 6.45) is 6.14. The molecule has 19 heavy (non-hydrogen) atoms. The lowest BCUT2D eigenvalue weighted by Gasteiger charge is -2.22. The van der Waals surface area contributed by atoms with Crippen molar-refractivity contribution in [2.24, 2.45) is 0 Å². The van der Waals surface area contributed by atoms with Crippen molar-refractivity contribution in [3.05, 3.63) is 18.5 Å². The lowest BCUT2D eigenvalue weighted by molar-refractivity contribution is 0.0322. The van der Waals surface area contributed by atoms with Gasteiger partial charge in [0.15, 0.2) is 0 Å². The summed E-state index contributed by atoms with van der Waals surface area (Å²) in [4.78, 5) is 3.00. The molecule has 1 saturated heterocycles. The summed E-state index contributed by atoms with van der Waals surface area (Å²) < 4.78 is 31.8. The van der Waals surface area contributed by atoms with Gasteiger partial charge in [0.1, 0.15) is 0 Å². The van der Waals surface area contributed by atoms with E-state index >= 15 is 0 Å². The van der Waals surface area contributed by atoms with Crippen LogP contribution in [-0.2, 0) is 14.8 Å². The molecule has 0 aliphatic carbocycles. The van der Waals surface area contributed by atoms with E-state index in [0.717, 1.165) is 25.9 Å². The quantitative estimate of drug-likeness (QED) is 0.636. The van der Waals surface area contributed by atoms with Gasteiger partial charge in [0.2, 0.25) is 10.0 Å². The van der Waals surface area contributed by atoms with E-state index in [4.69, 9.17) is 4.74 Å². The summed E-state index contributed by atoms with van der Waals surface area (Å²) in [5.74, 6) is 0. The fraction of sp³-hybridized carbons (Fsp3) is 0.667. The fourth-order valence-electron chi connectivity index (χ4n) is 2.05. The molecule has 1 aromatic rings. The number of hydrogen-bond donors (Lipinski definition) is 3. The highest BCUT2D eigenvalue weighted by molar-refractivity contribution is 7.89. The van der Waals surface area contributed by atoms with Crippen molar-refractivity contribution in [3.63, 3.8) is 0 Å². The van der Waals surface area contributed by atoms with Crippen LogP contribution in [0.15, 0.2) is 23.4 Å². The Hall–Kier alpha value is -0.890. The minimum atomic E-state index is -3.37. The first-order valence-electron chi connectivity index (χ1n) is 6.63. The van der Waals surface area contributed by atoms with Crippen LogP contribution in [0.4, 0.5) is 0 Å². The Kier molecular flexibility index (Phi) is 5.38. The lowest BCUT2D eigenvalue weighted by atomic mass is 10.1. The van der Waals surface area contributed by atoms with Gasteiger partial charge in [-0.3, -0.25) is 0 Å². The Morgan fingerprint density at radius 1 is 1.37 bits per heavy atom. The number of hydrogen-bond acceptors (Lipinski definition) is 4. The number of ether oxygens (including phenoxy) is 1. The standard InChI is InChI=1S/C12H21N3O3S/c16-19(17,12-4-8-14-10-12)15-5-1-9-18-11-2-6-13-7-3-11/h4,8,10-11,13-15H,1-3,5-7,9H2. The average molecular weight is 287 g/mol. The molecule has 0 spiro atoms. The van der Waals surface area contributed by atoms with Crippen molar-refractivity contribution in [3.8, 4) is 0 Å². The molecule has 108 valence electrons. The predicted molar refractivity (Wildman–Crippen MR) is 72.4 cm³/mol. The van der Waals surface area contributed by atoms with Crippen LogP contribution in [0.1, 0.15) is 19.3 Å². The van der Waals surface area contributed by atoms with Crippen LogP contribution < -0.4 is 10.0 Å². The van der Waals surface area contributed by atoms with Gasteiger partial charge in [-0.2, -0.15) is 0 Å². The molecule has 0 saturated carbocycles. The van der Waals surface area contributed by atoms with Gasteiger partial charge in [-0.05, 0) is 38.4 Å². The normalized spacial score (nSPS) is 17.7. The van der Waals surface area contributed by atoms with Crippen LogP contribution in [0, 0.1) is 0 Å². The van der Waals surface area contributed by atoms with Crippen LogP contribution in [0.5, 0.6) is 0 Å². The third-order valence-corrected chi connectivity index (χ3v) is 4.59. The van der Waals surface area contributed by atoms with Crippen molar-refractivity contribution in [1.82, 2.24) is 15.0 Å². The molecule has 0 bridgehead atoms. The molecule has 1 fully saturated rings. The number of sulfonamides is 1. The first-order chi connectivity index (χ1) is 9.18. The highest BCUT2D eigenvalue weighted by Crippen LogP contribution is 2.08. The van der Waals surface area contributed by atoms with Gasteiger partial charge >= 0.3 is 0 Å². The Bertz CT molecular complexity index is 453. The Morgan fingerprint density at radius 2 is 2.16 bits per heavy atom. The molecule has 0 aromatic carbocycles. The third kappa shape index (κ3) is 4.61. The van der Waals surface area contributed by atoms with Crippen molar-refractivity contribution in [2.45, 2.75) is 30.3 Å². The first-order valence-corrected chi connectivity index (χ1v) is 8.11. The number of H-pyrrole nitrogens is 1. The van der Waals surface area contributed by atoms with E-state index in [2.05, 4.69) is 15.0 Å². The molecule has 3 N–H and O–H groups in total. The lowest BCUT2D eigenvalue weighted by Crippen LogP contribution is -2.33. The van der Waals surface area contributed by atoms with Crippen LogP contribution >= 0.6 is 0 Å². The topological polar surface area (TPSA) is 83.2 Å². The van der Waals surface area contributed by atoms with E-state index in [1.54, 1.807) is 6.20 Å². The second-order valence-corrected chi connectivity index (χ2v) is 6.39. The third-order valence-electron chi connectivity index (χ3n) is 3.13. The molecule has 2 rings (SSSR count). The van der Waals surface area contributed by atoms with Gasteiger partial charge < -0.3 is 15.0 Å². The zero-order chi connectivity index (χ0) is 13.6. The fourth-order valence-corrected chi connectivity index (χ4v) is 3.10.